The lowest BCUT2D eigenvalue weighted by Gasteiger charge is -2.62. The highest BCUT2D eigenvalue weighted by Crippen LogP contribution is 2.68. The Morgan fingerprint density at radius 1 is 1.05 bits per heavy atom. The first kappa shape index (κ1) is 33.4. The van der Waals surface area contributed by atoms with Crippen molar-refractivity contribution in [2.75, 3.05) is 20.2 Å². The lowest BCUT2D eigenvalue weighted by atomic mass is 9.43. The van der Waals surface area contributed by atoms with Crippen LogP contribution in [0.1, 0.15) is 97.0 Å². The van der Waals surface area contributed by atoms with Crippen molar-refractivity contribution in [3.8, 4) is 0 Å². The van der Waals surface area contributed by atoms with E-state index in [1.807, 2.05) is 30.3 Å². The number of nitrogens with one attached hydrogen (secondary N) is 2. The maximum Gasteiger partial charge on any atom is 0.328 e. The van der Waals surface area contributed by atoms with Gasteiger partial charge in [0.2, 0.25) is 5.91 Å². The Hall–Kier alpha value is -1.96. The average Bonchev–Trinajstić information content (AvgIpc) is 3.37. The third kappa shape index (κ3) is 6.76. The van der Waals surface area contributed by atoms with Gasteiger partial charge in [-0.15, -0.1) is 0 Å². The highest BCUT2D eigenvalue weighted by atomic mass is 16.5. The number of carbonyl (C=O) groups is 2. The summed E-state index contributed by atoms with van der Waals surface area (Å²) in [6, 6.07) is 9.64. The molecule has 0 radical (unpaired) electrons. The zero-order chi connectivity index (χ0) is 31.5. The van der Waals surface area contributed by atoms with Gasteiger partial charge in [-0.1, -0.05) is 51.1 Å². The fraction of sp³-hybridized carbons (Fsp3) is 0.784. The van der Waals surface area contributed by atoms with Crippen molar-refractivity contribution in [1.29, 1.82) is 0 Å². The number of aliphatic hydroxyl groups is 1. The summed E-state index contributed by atoms with van der Waals surface area (Å²) < 4.78 is 5.00. The van der Waals surface area contributed by atoms with Crippen LogP contribution in [0.5, 0.6) is 0 Å². The van der Waals surface area contributed by atoms with E-state index < -0.39 is 12.0 Å². The Kier molecular flexibility index (Phi) is 10.8. The molecule has 4 aliphatic rings. The van der Waals surface area contributed by atoms with Crippen LogP contribution in [-0.2, 0) is 20.7 Å². The van der Waals surface area contributed by atoms with Crippen molar-refractivity contribution in [3.05, 3.63) is 35.9 Å². The number of fused-ring (bicyclic) bond motifs is 5. The molecule has 7 heteroatoms. The number of benzene rings is 1. The molecule has 5 N–H and O–H groups in total. The first-order valence-electron chi connectivity index (χ1n) is 17.6. The van der Waals surface area contributed by atoms with Crippen molar-refractivity contribution in [1.82, 2.24) is 10.6 Å². The van der Waals surface area contributed by atoms with Crippen molar-refractivity contribution in [2.24, 2.45) is 52.1 Å². The van der Waals surface area contributed by atoms with Crippen LogP contribution in [0.2, 0.25) is 0 Å². The lowest BCUT2D eigenvalue weighted by Crippen LogP contribution is -2.59. The first-order valence-corrected chi connectivity index (χ1v) is 17.6. The summed E-state index contributed by atoms with van der Waals surface area (Å²) in [5.74, 6) is 2.65. The van der Waals surface area contributed by atoms with Crippen LogP contribution in [0, 0.1) is 46.3 Å². The normalized spacial score (nSPS) is 37.6. The van der Waals surface area contributed by atoms with Gasteiger partial charge in [0.1, 0.15) is 6.04 Å². The van der Waals surface area contributed by atoms with E-state index in [2.05, 4.69) is 31.4 Å². The molecule has 1 aromatic carbocycles. The van der Waals surface area contributed by atoms with Crippen LogP contribution >= 0.6 is 0 Å². The maximum absolute atomic E-state index is 13.1. The SMILES string of the molecule is COC(=O)[C@H](Cc1ccccc1)NC(=O)CC[C@@H](C)[C@H]1CC[C@H]2[C@@H]3[C@H](O)C[C@@H]4C[C@@H](NCCCN)CC[C@]4(C)[C@H]3CC[C@]12C. The number of carbonyl (C=O) groups excluding carboxylic acids is 2. The van der Waals surface area contributed by atoms with E-state index in [-0.39, 0.29) is 17.4 Å². The molecule has 4 aliphatic carbocycles. The van der Waals surface area contributed by atoms with Gasteiger partial charge < -0.3 is 26.2 Å². The highest BCUT2D eigenvalue weighted by molar-refractivity contribution is 5.84. The van der Waals surface area contributed by atoms with Gasteiger partial charge in [-0.05, 0) is 129 Å². The molecule has 11 atom stereocenters. The third-order valence-corrected chi connectivity index (χ3v) is 13.2. The van der Waals surface area contributed by atoms with Crippen LogP contribution in [-0.4, -0.2) is 55.4 Å². The van der Waals surface area contributed by atoms with Crippen molar-refractivity contribution in [3.63, 3.8) is 0 Å². The molecule has 44 heavy (non-hydrogen) atoms. The topological polar surface area (TPSA) is 114 Å². The van der Waals surface area contributed by atoms with Gasteiger partial charge in [-0.2, -0.15) is 0 Å². The number of hydrogen-bond acceptors (Lipinski definition) is 6. The summed E-state index contributed by atoms with van der Waals surface area (Å²) >= 11 is 0. The van der Waals surface area contributed by atoms with Gasteiger partial charge in [0, 0.05) is 18.9 Å². The molecule has 4 saturated carbocycles. The Labute approximate surface area is 265 Å². The quantitative estimate of drug-likeness (QED) is 0.190. The Bertz CT molecular complexity index is 1120. The summed E-state index contributed by atoms with van der Waals surface area (Å²) in [5.41, 5.74) is 7.26. The predicted octanol–water partition coefficient (Wildman–Crippen LogP) is 5.24. The van der Waals surface area contributed by atoms with Crippen molar-refractivity contribution < 1.29 is 19.4 Å². The van der Waals surface area contributed by atoms with Gasteiger partial charge in [0.05, 0.1) is 13.2 Å². The molecule has 246 valence electrons. The van der Waals surface area contributed by atoms with Gasteiger partial charge in [0.15, 0.2) is 0 Å². The van der Waals surface area contributed by atoms with Gasteiger partial charge in [-0.3, -0.25) is 4.79 Å². The second kappa shape index (κ2) is 14.2. The number of hydrogen-bond donors (Lipinski definition) is 4. The molecule has 0 heterocycles. The van der Waals surface area contributed by atoms with Crippen LogP contribution in [0.4, 0.5) is 0 Å². The molecule has 4 fully saturated rings. The number of ether oxygens (including phenoxy) is 1. The number of aliphatic hydroxyl groups excluding tert-OH is 1. The van der Waals surface area contributed by atoms with Crippen molar-refractivity contribution >= 4 is 11.9 Å². The molecule has 0 spiro atoms. The fourth-order valence-corrected chi connectivity index (χ4v) is 10.8. The Morgan fingerprint density at radius 3 is 2.50 bits per heavy atom. The molecule has 0 aliphatic heterocycles. The second-order valence-electron chi connectivity index (χ2n) is 15.4. The standard InChI is InChI=1S/C37H59N3O4/c1-24(11-14-33(42)40-31(35(43)44-4)21-25-9-6-5-7-10-25)28-12-13-29-34-30(16-18-37(28,29)3)36(2)17-15-27(39-20-8-19-38)22-26(36)23-32(34)41/h5-7,9-10,24,26-32,34,39,41H,8,11-23,38H2,1-4H3,(H,40,42)/t24-,26+,27+,28-,29+,30+,31+,32-,34+,36+,37-/m1/s1. The lowest BCUT2D eigenvalue weighted by molar-refractivity contribution is -0.167. The second-order valence-corrected chi connectivity index (χ2v) is 15.4. The molecule has 1 amide bonds. The van der Waals surface area contributed by atoms with E-state index in [0.717, 1.165) is 37.9 Å². The minimum Gasteiger partial charge on any atom is -0.467 e. The van der Waals surface area contributed by atoms with E-state index >= 15 is 0 Å². The molecule has 5 rings (SSSR count). The van der Waals surface area contributed by atoms with E-state index in [4.69, 9.17) is 10.5 Å². The van der Waals surface area contributed by atoms with E-state index in [1.54, 1.807) is 0 Å². The van der Waals surface area contributed by atoms with Gasteiger partial charge in [-0.25, -0.2) is 4.79 Å². The minimum absolute atomic E-state index is 0.0821. The molecule has 0 saturated heterocycles. The van der Waals surface area contributed by atoms with E-state index in [0.29, 0.717) is 59.8 Å². The summed E-state index contributed by atoms with van der Waals surface area (Å²) in [6.45, 7) is 9.13. The number of esters is 1. The molecule has 0 bridgehead atoms. The molecular formula is C37H59N3O4. The number of rotatable bonds is 12. The molecule has 7 nitrogen and oxygen atoms in total. The monoisotopic (exact) mass is 609 g/mol. The van der Waals surface area contributed by atoms with Crippen LogP contribution < -0.4 is 16.4 Å². The van der Waals surface area contributed by atoms with Crippen LogP contribution in [0.15, 0.2) is 30.3 Å². The summed E-state index contributed by atoms with van der Waals surface area (Å²) in [6.07, 6.45) is 11.9. The third-order valence-electron chi connectivity index (χ3n) is 13.2. The Morgan fingerprint density at radius 2 is 1.77 bits per heavy atom. The predicted molar refractivity (Wildman–Crippen MR) is 175 cm³/mol. The van der Waals surface area contributed by atoms with Gasteiger partial charge in [0.25, 0.3) is 0 Å². The van der Waals surface area contributed by atoms with Crippen molar-refractivity contribution in [2.45, 2.75) is 116 Å². The summed E-state index contributed by atoms with van der Waals surface area (Å²) in [4.78, 5) is 25.5. The molecule has 0 aromatic heterocycles. The van der Waals surface area contributed by atoms with Crippen LogP contribution in [0.3, 0.4) is 0 Å². The van der Waals surface area contributed by atoms with E-state index in [1.165, 1.54) is 52.1 Å². The molecular weight excluding hydrogens is 550 g/mol. The smallest absolute Gasteiger partial charge is 0.328 e. The number of nitrogens with two attached hydrogens (primary N) is 1. The molecule has 1 aromatic rings. The summed E-state index contributed by atoms with van der Waals surface area (Å²) in [5, 5.41) is 18.5. The zero-order valence-corrected chi connectivity index (χ0v) is 27.7. The fourth-order valence-electron chi connectivity index (χ4n) is 10.8. The number of methoxy groups -OCH3 is 1. The largest absolute Gasteiger partial charge is 0.467 e. The first-order chi connectivity index (χ1) is 21.1. The Balaban J connectivity index is 1.18. The maximum atomic E-state index is 13.1. The number of amides is 1. The van der Waals surface area contributed by atoms with E-state index in [9.17, 15) is 14.7 Å². The van der Waals surface area contributed by atoms with Gasteiger partial charge >= 0.3 is 5.97 Å². The molecule has 0 unspecified atom stereocenters. The summed E-state index contributed by atoms with van der Waals surface area (Å²) in [7, 11) is 1.37. The zero-order valence-electron chi connectivity index (χ0n) is 27.7. The van der Waals surface area contributed by atoms with Crippen LogP contribution in [0.25, 0.3) is 0 Å². The minimum atomic E-state index is -0.677. The average molecular weight is 610 g/mol. The highest BCUT2D eigenvalue weighted by Gasteiger charge is 2.62.